The maximum absolute atomic E-state index is 12.1. The Morgan fingerprint density at radius 2 is 1.82 bits per heavy atom. The first-order valence-electron chi connectivity index (χ1n) is 5.41. The van der Waals surface area contributed by atoms with Crippen molar-refractivity contribution < 1.29 is 9.59 Å². The lowest BCUT2D eigenvalue weighted by Crippen LogP contribution is -2.36. The van der Waals surface area contributed by atoms with E-state index >= 15 is 0 Å². The molecule has 17 heavy (non-hydrogen) atoms. The summed E-state index contributed by atoms with van der Waals surface area (Å²) in [6.07, 6.45) is 0. The fraction of sp³-hybridized carbons (Fsp3) is 0.583. The van der Waals surface area contributed by atoms with Gasteiger partial charge in [-0.1, -0.05) is 32.1 Å². The molecule has 0 unspecified atom stereocenters. The van der Waals surface area contributed by atoms with Crippen LogP contribution in [0.25, 0.3) is 0 Å². The Labute approximate surface area is 106 Å². The van der Waals surface area contributed by atoms with Gasteiger partial charge in [0.2, 0.25) is 5.91 Å². The van der Waals surface area contributed by atoms with Crippen molar-refractivity contribution >= 4 is 28.2 Å². The summed E-state index contributed by atoms with van der Waals surface area (Å²) in [5, 5.41) is 0.577. The summed E-state index contributed by atoms with van der Waals surface area (Å²) in [6.45, 7) is 8.87. The molecule has 4 nitrogen and oxygen atoms in total. The third-order valence-electron chi connectivity index (χ3n) is 2.34. The molecule has 0 N–H and O–H groups in total. The Hall–Kier alpha value is -1.23. The van der Waals surface area contributed by atoms with Gasteiger partial charge in [-0.3, -0.25) is 14.5 Å². The molecule has 0 saturated heterocycles. The molecular formula is C12H18N2O2S. The summed E-state index contributed by atoms with van der Waals surface area (Å²) < 4.78 is 0. The zero-order valence-electron chi connectivity index (χ0n) is 11.1. The normalized spacial score (nSPS) is 11.4. The zero-order valence-corrected chi connectivity index (χ0v) is 11.9. The second-order valence-electron chi connectivity index (χ2n) is 5.08. The average molecular weight is 254 g/mol. The Balaban J connectivity index is 3.06. The summed E-state index contributed by atoms with van der Waals surface area (Å²) in [5.74, 6) is -0.0239. The Kier molecular flexibility index (Phi) is 3.71. The van der Waals surface area contributed by atoms with Crippen LogP contribution in [0.4, 0.5) is 5.13 Å². The van der Waals surface area contributed by atoms with E-state index < -0.39 is 5.41 Å². The highest BCUT2D eigenvalue weighted by Gasteiger charge is 2.28. The summed E-state index contributed by atoms with van der Waals surface area (Å²) in [6, 6.07) is 0. The van der Waals surface area contributed by atoms with Crippen LogP contribution in [0.15, 0.2) is 0 Å². The van der Waals surface area contributed by atoms with Crippen molar-refractivity contribution in [2.24, 2.45) is 5.41 Å². The van der Waals surface area contributed by atoms with Crippen molar-refractivity contribution in [1.29, 1.82) is 0 Å². The van der Waals surface area contributed by atoms with Gasteiger partial charge in [0.05, 0.1) is 10.6 Å². The molecule has 0 aliphatic rings. The second-order valence-corrected chi connectivity index (χ2v) is 6.06. The van der Waals surface area contributed by atoms with E-state index in [0.29, 0.717) is 15.7 Å². The van der Waals surface area contributed by atoms with E-state index in [1.165, 1.54) is 23.2 Å². The van der Waals surface area contributed by atoms with Crippen LogP contribution in [0.3, 0.4) is 0 Å². The van der Waals surface area contributed by atoms with Crippen LogP contribution >= 0.6 is 11.3 Å². The van der Waals surface area contributed by atoms with E-state index in [2.05, 4.69) is 4.98 Å². The third-order valence-corrected chi connectivity index (χ3v) is 3.67. The summed E-state index contributed by atoms with van der Waals surface area (Å²) in [7, 11) is 1.69. The first-order chi connectivity index (χ1) is 7.64. The molecule has 0 fully saturated rings. The Bertz CT molecular complexity index is 458. The standard InChI is InChI=1S/C12H18N2O2S/c1-7-9(8(2)15)17-11(13-7)14(6)10(16)12(3,4)5/h1-6H3. The zero-order chi connectivity index (χ0) is 13.4. The summed E-state index contributed by atoms with van der Waals surface area (Å²) >= 11 is 1.26. The molecule has 1 heterocycles. The highest BCUT2D eigenvalue weighted by Crippen LogP contribution is 2.28. The van der Waals surface area contributed by atoms with Crippen molar-refractivity contribution in [3.8, 4) is 0 Å². The molecule has 1 rings (SSSR count). The third kappa shape index (κ3) is 2.91. The van der Waals surface area contributed by atoms with Gasteiger partial charge < -0.3 is 0 Å². The van der Waals surface area contributed by atoms with Crippen LogP contribution in [0, 0.1) is 12.3 Å². The molecule has 1 amide bonds. The molecule has 0 bridgehead atoms. The molecule has 0 aromatic carbocycles. The van der Waals surface area contributed by atoms with Crippen LogP contribution in [0.1, 0.15) is 43.1 Å². The molecule has 0 aliphatic heterocycles. The number of amides is 1. The van der Waals surface area contributed by atoms with Crippen LogP contribution in [-0.2, 0) is 4.79 Å². The number of hydrogen-bond acceptors (Lipinski definition) is 4. The van der Waals surface area contributed by atoms with Gasteiger partial charge in [0.1, 0.15) is 0 Å². The number of thiazole rings is 1. The fourth-order valence-corrected chi connectivity index (χ4v) is 2.36. The van der Waals surface area contributed by atoms with Crippen LogP contribution in [0.5, 0.6) is 0 Å². The van der Waals surface area contributed by atoms with Gasteiger partial charge in [-0.25, -0.2) is 4.98 Å². The number of rotatable bonds is 2. The number of anilines is 1. The second kappa shape index (κ2) is 4.56. The van der Waals surface area contributed by atoms with Crippen LogP contribution < -0.4 is 4.90 Å². The largest absolute Gasteiger partial charge is 0.294 e. The quantitative estimate of drug-likeness (QED) is 0.762. The number of aromatic nitrogens is 1. The van der Waals surface area contributed by atoms with E-state index in [-0.39, 0.29) is 11.7 Å². The van der Waals surface area contributed by atoms with E-state index in [0.717, 1.165) is 0 Å². The highest BCUT2D eigenvalue weighted by molar-refractivity contribution is 7.17. The van der Waals surface area contributed by atoms with Gasteiger partial charge >= 0.3 is 0 Å². The van der Waals surface area contributed by atoms with Gasteiger partial charge in [0.15, 0.2) is 10.9 Å². The Morgan fingerprint density at radius 3 is 2.18 bits per heavy atom. The molecule has 94 valence electrons. The fourth-order valence-electron chi connectivity index (χ4n) is 1.44. The molecule has 5 heteroatoms. The number of carbonyl (C=O) groups is 2. The lowest BCUT2D eigenvalue weighted by Gasteiger charge is -2.23. The molecule has 0 saturated carbocycles. The number of hydrogen-bond donors (Lipinski definition) is 0. The van der Waals surface area contributed by atoms with Crippen molar-refractivity contribution in [1.82, 2.24) is 4.98 Å². The maximum atomic E-state index is 12.1. The van der Waals surface area contributed by atoms with Crippen LogP contribution in [-0.4, -0.2) is 23.7 Å². The van der Waals surface area contributed by atoms with E-state index in [1.54, 1.807) is 14.0 Å². The lowest BCUT2D eigenvalue weighted by atomic mass is 9.95. The minimum absolute atomic E-state index is 0.0112. The van der Waals surface area contributed by atoms with Crippen molar-refractivity contribution in [2.45, 2.75) is 34.6 Å². The first-order valence-corrected chi connectivity index (χ1v) is 6.22. The van der Waals surface area contributed by atoms with Crippen molar-refractivity contribution in [2.75, 3.05) is 11.9 Å². The maximum Gasteiger partial charge on any atom is 0.233 e. The molecule has 0 radical (unpaired) electrons. The van der Waals surface area contributed by atoms with Gasteiger partial charge in [0, 0.05) is 19.4 Å². The topological polar surface area (TPSA) is 50.3 Å². The number of nitrogens with zero attached hydrogens (tertiary/aromatic N) is 2. The predicted octanol–water partition coefficient (Wildman–Crippen LogP) is 2.66. The van der Waals surface area contributed by atoms with Crippen LogP contribution in [0.2, 0.25) is 0 Å². The molecule has 0 aliphatic carbocycles. The van der Waals surface area contributed by atoms with E-state index in [1.807, 2.05) is 20.8 Å². The van der Waals surface area contributed by atoms with Gasteiger partial charge in [-0.05, 0) is 6.92 Å². The monoisotopic (exact) mass is 254 g/mol. The van der Waals surface area contributed by atoms with E-state index in [4.69, 9.17) is 0 Å². The molecule has 1 aromatic heterocycles. The van der Waals surface area contributed by atoms with Gasteiger partial charge in [-0.2, -0.15) is 0 Å². The number of Topliss-reactive ketones (excluding diaryl/α,β-unsaturated/α-hetero) is 1. The minimum Gasteiger partial charge on any atom is -0.294 e. The molecule has 1 aromatic rings. The SMILES string of the molecule is CC(=O)c1sc(N(C)C(=O)C(C)(C)C)nc1C. The minimum atomic E-state index is -0.454. The summed E-state index contributed by atoms with van der Waals surface area (Å²) in [4.78, 5) is 29.8. The smallest absolute Gasteiger partial charge is 0.233 e. The number of aryl methyl sites for hydroxylation is 1. The van der Waals surface area contributed by atoms with Crippen molar-refractivity contribution in [3.63, 3.8) is 0 Å². The van der Waals surface area contributed by atoms with Gasteiger partial charge in [-0.15, -0.1) is 0 Å². The molecule has 0 spiro atoms. The molecular weight excluding hydrogens is 236 g/mol. The Morgan fingerprint density at radius 1 is 1.29 bits per heavy atom. The average Bonchev–Trinajstić information content (AvgIpc) is 2.56. The predicted molar refractivity (Wildman–Crippen MR) is 69.7 cm³/mol. The van der Waals surface area contributed by atoms with Crippen molar-refractivity contribution in [3.05, 3.63) is 10.6 Å². The summed E-state index contributed by atoms with van der Waals surface area (Å²) in [5.41, 5.74) is 0.233. The lowest BCUT2D eigenvalue weighted by molar-refractivity contribution is -0.125. The highest BCUT2D eigenvalue weighted by atomic mass is 32.1. The molecule has 0 atom stereocenters. The number of carbonyl (C=O) groups excluding carboxylic acids is 2. The first kappa shape index (κ1) is 13.8. The van der Waals surface area contributed by atoms with E-state index in [9.17, 15) is 9.59 Å². The van der Waals surface area contributed by atoms with Gasteiger partial charge in [0.25, 0.3) is 0 Å². The number of ketones is 1.